The van der Waals surface area contributed by atoms with Crippen LogP contribution in [0.3, 0.4) is 0 Å². The van der Waals surface area contributed by atoms with E-state index in [0.29, 0.717) is 13.2 Å². The number of rotatable bonds is 6. The summed E-state index contributed by atoms with van der Waals surface area (Å²) in [6, 6.07) is 7.91. The highest BCUT2D eigenvalue weighted by molar-refractivity contribution is 5.89. The summed E-state index contributed by atoms with van der Waals surface area (Å²) in [5.74, 6) is 0.215. The predicted octanol–water partition coefficient (Wildman–Crippen LogP) is 3.41. The number of para-hydroxylation sites is 1. The van der Waals surface area contributed by atoms with E-state index in [1.165, 1.54) is 0 Å². The average Bonchev–Trinajstić information content (AvgIpc) is 2.96. The number of ether oxygens (including phenoxy) is 1. The van der Waals surface area contributed by atoms with Crippen LogP contribution in [0, 0.1) is 6.92 Å². The molecule has 0 aliphatic carbocycles. The Labute approximate surface area is 143 Å². The number of aryl methyl sites for hydroxylation is 1. The highest BCUT2D eigenvalue weighted by atomic mass is 16.5. The maximum Gasteiger partial charge on any atom is 0.321 e. The van der Waals surface area contributed by atoms with Gasteiger partial charge in [-0.2, -0.15) is 5.10 Å². The molecule has 130 valence electrons. The Morgan fingerprint density at radius 1 is 1.38 bits per heavy atom. The molecule has 0 saturated carbocycles. The monoisotopic (exact) mass is 330 g/mol. The normalized spacial score (nSPS) is 10.9. The van der Waals surface area contributed by atoms with Crippen molar-refractivity contribution < 1.29 is 9.53 Å². The van der Waals surface area contributed by atoms with Gasteiger partial charge in [-0.15, -0.1) is 0 Å². The lowest BCUT2D eigenvalue weighted by Gasteiger charge is -2.19. The number of hydrogen-bond acceptors (Lipinski definition) is 3. The van der Waals surface area contributed by atoms with E-state index in [4.69, 9.17) is 4.74 Å². The van der Waals surface area contributed by atoms with Gasteiger partial charge in [0.05, 0.1) is 29.9 Å². The topological polar surface area (TPSA) is 59.4 Å². The van der Waals surface area contributed by atoms with E-state index in [9.17, 15) is 4.79 Å². The lowest BCUT2D eigenvalue weighted by atomic mass is 10.1. The first-order chi connectivity index (χ1) is 11.5. The molecule has 0 fully saturated rings. The van der Waals surface area contributed by atoms with Gasteiger partial charge in [-0.25, -0.2) is 9.48 Å². The number of hydrogen-bond donors (Lipinski definition) is 1. The average molecular weight is 330 g/mol. The van der Waals surface area contributed by atoms with Crippen LogP contribution >= 0.6 is 0 Å². The number of nitrogens with zero attached hydrogens (tertiary/aromatic N) is 3. The zero-order chi connectivity index (χ0) is 17.7. The van der Waals surface area contributed by atoms with E-state index in [1.807, 2.05) is 22.9 Å². The van der Waals surface area contributed by atoms with E-state index in [1.54, 1.807) is 25.3 Å². The van der Waals surface area contributed by atoms with Gasteiger partial charge in [0.25, 0.3) is 0 Å². The fraction of sp³-hybridized carbons (Fsp3) is 0.444. The van der Waals surface area contributed by atoms with Gasteiger partial charge >= 0.3 is 6.03 Å². The van der Waals surface area contributed by atoms with E-state index in [2.05, 4.69) is 37.3 Å². The molecule has 1 aromatic carbocycles. The Morgan fingerprint density at radius 2 is 2.08 bits per heavy atom. The number of carbonyl (C=O) groups is 1. The zero-order valence-corrected chi connectivity index (χ0v) is 15.0. The number of anilines is 1. The van der Waals surface area contributed by atoms with Gasteiger partial charge in [0.1, 0.15) is 0 Å². The Hall–Kier alpha value is -2.34. The highest BCUT2D eigenvalue weighted by Crippen LogP contribution is 2.28. The minimum absolute atomic E-state index is 0.168. The maximum absolute atomic E-state index is 12.3. The largest absolute Gasteiger partial charge is 0.383 e. The molecule has 2 rings (SSSR count). The number of aromatic nitrogens is 2. The number of nitrogens with one attached hydrogen (secondary N) is 1. The van der Waals surface area contributed by atoms with Crippen molar-refractivity contribution in [2.24, 2.45) is 0 Å². The van der Waals surface area contributed by atoms with Crippen molar-refractivity contribution in [2.45, 2.75) is 26.7 Å². The summed E-state index contributed by atoms with van der Waals surface area (Å²) in [7, 11) is 3.37. The molecule has 1 N–H and O–H groups in total. The molecule has 0 bridgehead atoms. The van der Waals surface area contributed by atoms with Crippen LogP contribution in [0.5, 0.6) is 0 Å². The summed E-state index contributed by atoms with van der Waals surface area (Å²) in [4.78, 5) is 13.9. The van der Waals surface area contributed by atoms with Crippen LogP contribution in [0.15, 0.2) is 30.5 Å². The highest BCUT2D eigenvalue weighted by Gasteiger charge is 2.19. The molecular formula is C18H26N4O2. The minimum Gasteiger partial charge on any atom is -0.383 e. The molecule has 0 spiro atoms. The van der Waals surface area contributed by atoms with Crippen molar-refractivity contribution >= 4 is 11.7 Å². The SMILES string of the molecule is COCCN(C)C(=O)Nc1cnn(-c2ccccc2C)c1C(C)C. The van der Waals surface area contributed by atoms with Crippen molar-refractivity contribution in [3.63, 3.8) is 0 Å². The fourth-order valence-corrected chi connectivity index (χ4v) is 2.54. The molecule has 1 heterocycles. The zero-order valence-electron chi connectivity index (χ0n) is 15.0. The van der Waals surface area contributed by atoms with Crippen molar-refractivity contribution in [3.8, 4) is 5.69 Å². The van der Waals surface area contributed by atoms with E-state index < -0.39 is 0 Å². The third kappa shape index (κ3) is 3.94. The maximum atomic E-state index is 12.3. The quantitative estimate of drug-likeness (QED) is 0.883. The summed E-state index contributed by atoms with van der Waals surface area (Å²) < 4.78 is 6.92. The van der Waals surface area contributed by atoms with Gasteiger partial charge in [0.15, 0.2) is 0 Å². The van der Waals surface area contributed by atoms with Gasteiger partial charge in [0.2, 0.25) is 0 Å². The molecule has 6 heteroatoms. The van der Waals surface area contributed by atoms with Crippen LogP contribution in [0.1, 0.15) is 31.0 Å². The van der Waals surface area contributed by atoms with Gasteiger partial charge in [-0.05, 0) is 24.5 Å². The number of methoxy groups -OCH3 is 1. The van der Waals surface area contributed by atoms with Crippen molar-refractivity contribution in [3.05, 3.63) is 41.7 Å². The Kier molecular flexibility index (Phi) is 5.98. The van der Waals surface area contributed by atoms with Crippen molar-refractivity contribution in [2.75, 3.05) is 32.6 Å². The van der Waals surface area contributed by atoms with Crippen molar-refractivity contribution in [1.29, 1.82) is 0 Å². The molecule has 0 aliphatic heterocycles. The fourth-order valence-electron chi connectivity index (χ4n) is 2.54. The molecule has 0 atom stereocenters. The van der Waals surface area contributed by atoms with Crippen LogP contribution in [0.25, 0.3) is 5.69 Å². The minimum atomic E-state index is -0.168. The molecule has 0 unspecified atom stereocenters. The van der Waals surface area contributed by atoms with Crippen molar-refractivity contribution in [1.82, 2.24) is 14.7 Å². The van der Waals surface area contributed by atoms with E-state index in [0.717, 1.165) is 22.6 Å². The predicted molar refractivity (Wildman–Crippen MR) is 95.9 cm³/mol. The van der Waals surface area contributed by atoms with Gasteiger partial charge in [-0.3, -0.25) is 0 Å². The summed E-state index contributed by atoms with van der Waals surface area (Å²) in [5, 5.41) is 7.46. The number of amides is 2. The first kappa shape index (κ1) is 18.0. The number of urea groups is 1. The van der Waals surface area contributed by atoms with Crippen LogP contribution in [-0.4, -0.2) is 48.0 Å². The standard InChI is InChI=1S/C18H26N4O2/c1-13(2)17-15(20-18(23)21(4)10-11-24-5)12-19-22(17)16-9-7-6-8-14(16)3/h6-9,12-13H,10-11H2,1-5H3,(H,20,23). The lowest BCUT2D eigenvalue weighted by molar-refractivity contribution is 0.165. The smallest absolute Gasteiger partial charge is 0.321 e. The van der Waals surface area contributed by atoms with E-state index in [-0.39, 0.29) is 11.9 Å². The molecule has 6 nitrogen and oxygen atoms in total. The molecule has 0 radical (unpaired) electrons. The Balaban J connectivity index is 2.29. The molecule has 2 amide bonds. The summed E-state index contributed by atoms with van der Waals surface area (Å²) >= 11 is 0. The molecule has 0 aliphatic rings. The van der Waals surface area contributed by atoms with Crippen LogP contribution in [0.2, 0.25) is 0 Å². The number of carbonyl (C=O) groups excluding carboxylic acids is 1. The number of benzene rings is 1. The summed E-state index contributed by atoms with van der Waals surface area (Å²) in [6.07, 6.45) is 1.71. The van der Waals surface area contributed by atoms with Crippen LogP contribution < -0.4 is 5.32 Å². The Morgan fingerprint density at radius 3 is 2.71 bits per heavy atom. The lowest BCUT2D eigenvalue weighted by Crippen LogP contribution is -2.34. The van der Waals surface area contributed by atoms with Gasteiger partial charge in [0, 0.05) is 20.7 Å². The second-order valence-corrected chi connectivity index (χ2v) is 6.14. The van der Waals surface area contributed by atoms with Gasteiger partial charge < -0.3 is 15.0 Å². The van der Waals surface area contributed by atoms with E-state index >= 15 is 0 Å². The second kappa shape index (κ2) is 7.97. The molecular weight excluding hydrogens is 304 g/mol. The molecule has 24 heavy (non-hydrogen) atoms. The third-order valence-electron chi connectivity index (χ3n) is 3.92. The van der Waals surface area contributed by atoms with Gasteiger partial charge in [-0.1, -0.05) is 32.0 Å². The number of likely N-dealkylation sites (N-methyl/N-ethyl adjacent to an activating group) is 1. The third-order valence-corrected chi connectivity index (χ3v) is 3.92. The van der Waals surface area contributed by atoms with Crippen LogP contribution in [-0.2, 0) is 4.74 Å². The van der Waals surface area contributed by atoms with Crippen LogP contribution in [0.4, 0.5) is 10.5 Å². The molecule has 1 aromatic heterocycles. The molecule has 0 saturated heterocycles. The Bertz CT molecular complexity index is 694. The molecule has 2 aromatic rings. The second-order valence-electron chi connectivity index (χ2n) is 6.14. The summed E-state index contributed by atoms with van der Waals surface area (Å²) in [5.41, 5.74) is 3.88. The summed E-state index contributed by atoms with van der Waals surface area (Å²) in [6.45, 7) is 7.28. The first-order valence-corrected chi connectivity index (χ1v) is 8.10. The first-order valence-electron chi connectivity index (χ1n) is 8.10.